The number of phenols is 1. The molecule has 0 unspecified atom stereocenters. The van der Waals surface area contributed by atoms with E-state index < -0.39 is 0 Å². The van der Waals surface area contributed by atoms with E-state index in [-0.39, 0.29) is 24.1 Å². The third kappa shape index (κ3) is 4.36. The van der Waals surface area contributed by atoms with Gasteiger partial charge in [-0.1, -0.05) is 6.92 Å². The number of likely N-dealkylation sites (N-methyl/N-ethyl adjacent to an activating group) is 1. The van der Waals surface area contributed by atoms with Crippen molar-refractivity contribution in [2.75, 3.05) is 27.2 Å². The van der Waals surface area contributed by atoms with Gasteiger partial charge in [-0.25, -0.2) is 0 Å². The maximum Gasteiger partial charge on any atom is 0.254 e. The van der Waals surface area contributed by atoms with Crippen molar-refractivity contribution in [3.05, 3.63) is 27.3 Å². The average Bonchev–Trinajstić information content (AvgIpc) is 2.40. The van der Waals surface area contributed by atoms with Crippen LogP contribution in [0.15, 0.2) is 18.2 Å². The molecular weight excluding hydrogens is 371 g/mol. The smallest absolute Gasteiger partial charge is 0.254 e. The highest BCUT2D eigenvalue weighted by Crippen LogP contribution is 2.21. The third-order valence-corrected chi connectivity index (χ3v) is 3.71. The molecule has 0 atom stereocenters. The molecule has 0 heterocycles. The summed E-state index contributed by atoms with van der Waals surface area (Å²) in [5.74, 6) is -0.290. The first-order valence-electron chi connectivity index (χ1n) is 6.34. The average molecular weight is 390 g/mol. The molecule has 0 radical (unpaired) electrons. The van der Waals surface area contributed by atoms with Gasteiger partial charge in [-0.2, -0.15) is 0 Å². The Morgan fingerprint density at radius 1 is 1.30 bits per heavy atom. The summed E-state index contributed by atoms with van der Waals surface area (Å²) in [4.78, 5) is 27.1. The van der Waals surface area contributed by atoms with E-state index in [1.165, 1.54) is 15.9 Å². The number of hydrogen-bond donors (Lipinski definition) is 1. The van der Waals surface area contributed by atoms with Gasteiger partial charge in [0.1, 0.15) is 12.3 Å². The molecule has 2 amide bonds. The monoisotopic (exact) mass is 390 g/mol. The van der Waals surface area contributed by atoms with Crippen molar-refractivity contribution in [1.82, 2.24) is 9.80 Å². The van der Waals surface area contributed by atoms with E-state index in [0.29, 0.717) is 15.7 Å². The zero-order valence-electron chi connectivity index (χ0n) is 11.9. The minimum Gasteiger partial charge on any atom is -0.507 e. The Hall–Kier alpha value is -1.31. The van der Waals surface area contributed by atoms with Gasteiger partial charge < -0.3 is 14.9 Å². The Morgan fingerprint density at radius 2 is 1.95 bits per heavy atom. The Balaban J connectivity index is 2.92. The number of carbonyl (C=O) groups excluding carboxylic acids is 2. The van der Waals surface area contributed by atoms with E-state index in [1.807, 2.05) is 29.5 Å². The predicted molar refractivity (Wildman–Crippen MR) is 85.7 cm³/mol. The summed E-state index contributed by atoms with van der Waals surface area (Å²) in [6.45, 7) is 2.50. The van der Waals surface area contributed by atoms with Crippen LogP contribution in [0.5, 0.6) is 5.75 Å². The summed E-state index contributed by atoms with van der Waals surface area (Å²) in [5, 5.41) is 9.68. The van der Waals surface area contributed by atoms with Crippen LogP contribution in [0.1, 0.15) is 23.7 Å². The van der Waals surface area contributed by atoms with Crippen molar-refractivity contribution >= 4 is 34.4 Å². The van der Waals surface area contributed by atoms with Gasteiger partial charge in [-0.05, 0) is 47.2 Å². The van der Waals surface area contributed by atoms with Gasteiger partial charge in [0.05, 0.1) is 3.57 Å². The molecule has 0 bridgehead atoms. The van der Waals surface area contributed by atoms with Crippen LogP contribution in [0.4, 0.5) is 0 Å². The lowest BCUT2D eigenvalue weighted by atomic mass is 10.2. The SMILES string of the molecule is CCCN(CC(=O)N(C)C)C(=O)c1ccc(I)c(O)c1. The van der Waals surface area contributed by atoms with Crippen molar-refractivity contribution in [1.29, 1.82) is 0 Å². The summed E-state index contributed by atoms with van der Waals surface area (Å²) in [5.41, 5.74) is 0.392. The highest BCUT2D eigenvalue weighted by Gasteiger charge is 2.19. The van der Waals surface area contributed by atoms with E-state index in [4.69, 9.17) is 0 Å². The van der Waals surface area contributed by atoms with E-state index in [9.17, 15) is 14.7 Å². The van der Waals surface area contributed by atoms with Crippen molar-refractivity contribution in [2.24, 2.45) is 0 Å². The topological polar surface area (TPSA) is 60.9 Å². The van der Waals surface area contributed by atoms with Gasteiger partial charge in [-0.3, -0.25) is 9.59 Å². The molecule has 6 heteroatoms. The van der Waals surface area contributed by atoms with Gasteiger partial charge in [0.25, 0.3) is 5.91 Å². The molecule has 20 heavy (non-hydrogen) atoms. The van der Waals surface area contributed by atoms with Crippen LogP contribution < -0.4 is 0 Å². The number of rotatable bonds is 5. The Kier molecular flexibility index (Phi) is 6.25. The summed E-state index contributed by atoms with van der Waals surface area (Å²) < 4.78 is 0.686. The van der Waals surface area contributed by atoms with Gasteiger partial charge in [0, 0.05) is 26.2 Å². The highest BCUT2D eigenvalue weighted by molar-refractivity contribution is 14.1. The lowest BCUT2D eigenvalue weighted by Crippen LogP contribution is -2.40. The summed E-state index contributed by atoms with van der Waals surface area (Å²) in [7, 11) is 3.32. The first-order valence-corrected chi connectivity index (χ1v) is 7.42. The van der Waals surface area contributed by atoms with Gasteiger partial charge in [0.2, 0.25) is 5.91 Å². The van der Waals surface area contributed by atoms with Crippen LogP contribution >= 0.6 is 22.6 Å². The van der Waals surface area contributed by atoms with Crippen molar-refractivity contribution in [3.8, 4) is 5.75 Å². The Morgan fingerprint density at radius 3 is 2.45 bits per heavy atom. The largest absolute Gasteiger partial charge is 0.507 e. The zero-order chi connectivity index (χ0) is 15.3. The lowest BCUT2D eigenvalue weighted by molar-refractivity contribution is -0.129. The molecule has 110 valence electrons. The molecule has 0 aromatic heterocycles. The minimum absolute atomic E-state index is 0.0480. The molecule has 0 fully saturated rings. The quantitative estimate of drug-likeness (QED) is 0.782. The summed E-state index contributed by atoms with van der Waals surface area (Å²) in [6.07, 6.45) is 0.767. The first-order chi connectivity index (χ1) is 9.36. The van der Waals surface area contributed by atoms with E-state index in [0.717, 1.165) is 6.42 Å². The molecule has 1 aromatic rings. The van der Waals surface area contributed by atoms with Gasteiger partial charge in [0.15, 0.2) is 0 Å². The second-order valence-corrected chi connectivity index (χ2v) is 5.84. The normalized spacial score (nSPS) is 10.2. The third-order valence-electron chi connectivity index (χ3n) is 2.80. The molecular formula is C14H19IN2O3. The van der Waals surface area contributed by atoms with Crippen molar-refractivity contribution in [3.63, 3.8) is 0 Å². The summed E-state index contributed by atoms with van der Waals surface area (Å²) >= 11 is 1.99. The van der Waals surface area contributed by atoms with Gasteiger partial charge >= 0.3 is 0 Å². The molecule has 0 aliphatic carbocycles. The minimum atomic E-state index is -0.242. The Bertz CT molecular complexity index is 503. The number of hydrogen-bond acceptors (Lipinski definition) is 3. The number of phenolic OH excluding ortho intramolecular Hbond substituents is 1. The molecule has 0 aliphatic rings. The fourth-order valence-electron chi connectivity index (χ4n) is 1.66. The van der Waals surface area contributed by atoms with Crippen LogP contribution in [0.25, 0.3) is 0 Å². The number of amides is 2. The second kappa shape index (κ2) is 7.47. The molecule has 0 aliphatic heterocycles. The number of carbonyl (C=O) groups is 2. The molecule has 0 saturated carbocycles. The van der Waals surface area contributed by atoms with Crippen LogP contribution in [-0.4, -0.2) is 53.9 Å². The molecule has 0 saturated heterocycles. The van der Waals surface area contributed by atoms with Crippen molar-refractivity contribution in [2.45, 2.75) is 13.3 Å². The number of halogens is 1. The maximum atomic E-state index is 12.4. The van der Waals surface area contributed by atoms with E-state index in [2.05, 4.69) is 0 Å². The molecule has 1 N–H and O–H groups in total. The maximum absolute atomic E-state index is 12.4. The Labute approximate surface area is 132 Å². The van der Waals surface area contributed by atoms with Crippen LogP contribution in [0.2, 0.25) is 0 Å². The second-order valence-electron chi connectivity index (χ2n) is 4.68. The number of benzene rings is 1. The van der Waals surface area contributed by atoms with Crippen molar-refractivity contribution < 1.29 is 14.7 Å². The summed E-state index contributed by atoms with van der Waals surface area (Å²) in [6, 6.07) is 4.78. The molecule has 0 spiro atoms. The number of nitrogens with zero attached hydrogens (tertiary/aromatic N) is 2. The lowest BCUT2D eigenvalue weighted by Gasteiger charge is -2.23. The fourth-order valence-corrected chi connectivity index (χ4v) is 1.99. The zero-order valence-corrected chi connectivity index (χ0v) is 14.0. The van der Waals surface area contributed by atoms with Crippen LogP contribution in [0, 0.1) is 3.57 Å². The molecule has 1 aromatic carbocycles. The number of aromatic hydroxyl groups is 1. The standard InChI is InChI=1S/C14H19IN2O3/c1-4-7-17(9-13(19)16(2)3)14(20)10-5-6-11(15)12(18)8-10/h5-6,8,18H,4,7,9H2,1-3H3. The predicted octanol–water partition coefficient (Wildman–Crippen LogP) is 1.94. The molecule has 1 rings (SSSR count). The molecule has 5 nitrogen and oxygen atoms in total. The van der Waals surface area contributed by atoms with Gasteiger partial charge in [-0.15, -0.1) is 0 Å². The van der Waals surface area contributed by atoms with Crippen LogP contribution in [0.3, 0.4) is 0 Å². The van der Waals surface area contributed by atoms with Crippen LogP contribution in [-0.2, 0) is 4.79 Å². The highest BCUT2D eigenvalue weighted by atomic mass is 127. The first kappa shape index (κ1) is 16.7. The van der Waals surface area contributed by atoms with E-state index in [1.54, 1.807) is 26.2 Å². The fraction of sp³-hybridized carbons (Fsp3) is 0.429. The van der Waals surface area contributed by atoms with E-state index >= 15 is 0 Å².